The Bertz CT molecular complexity index is 1180. The number of rotatable bonds is 5. The first-order valence-corrected chi connectivity index (χ1v) is 11.0. The van der Waals surface area contributed by atoms with Crippen molar-refractivity contribution >= 4 is 11.7 Å². The number of hydrogen-bond acceptors (Lipinski definition) is 4. The lowest BCUT2D eigenvalue weighted by molar-refractivity contribution is -0.137. The summed E-state index contributed by atoms with van der Waals surface area (Å²) in [5.74, 6) is -3.35. The van der Waals surface area contributed by atoms with E-state index in [-0.39, 0.29) is 24.6 Å². The van der Waals surface area contributed by atoms with Gasteiger partial charge in [-0.05, 0) is 30.7 Å². The molecule has 0 bridgehead atoms. The van der Waals surface area contributed by atoms with E-state index >= 15 is 0 Å². The Balaban J connectivity index is 1.58. The molecule has 4 rings (SSSR count). The van der Waals surface area contributed by atoms with Gasteiger partial charge in [0, 0.05) is 43.4 Å². The minimum Gasteiger partial charge on any atom is -0.368 e. The summed E-state index contributed by atoms with van der Waals surface area (Å²) >= 11 is 0. The van der Waals surface area contributed by atoms with E-state index in [1.807, 2.05) is 30.3 Å². The van der Waals surface area contributed by atoms with Gasteiger partial charge in [-0.15, -0.1) is 0 Å². The summed E-state index contributed by atoms with van der Waals surface area (Å²) < 4.78 is 66.9. The first-order chi connectivity index (χ1) is 16.5. The fourth-order valence-corrected chi connectivity index (χ4v) is 4.07. The van der Waals surface area contributed by atoms with Crippen molar-refractivity contribution in [2.75, 3.05) is 18.4 Å². The third kappa shape index (κ3) is 5.75. The number of benzene rings is 1. The molecule has 2 aromatic heterocycles. The number of alkyl halides is 5. The van der Waals surface area contributed by atoms with Crippen LogP contribution in [0.2, 0.25) is 0 Å². The lowest BCUT2D eigenvalue weighted by Crippen LogP contribution is -2.52. The van der Waals surface area contributed by atoms with Gasteiger partial charge in [0.2, 0.25) is 0 Å². The van der Waals surface area contributed by atoms with Crippen molar-refractivity contribution in [1.82, 2.24) is 14.9 Å². The molecule has 0 saturated carbocycles. The average Bonchev–Trinajstić information content (AvgIpc) is 2.82. The SMILES string of the molecule is Cc1ccc(-c2ccccc2)c(C(=O)N2CCC(F)(F)C[C@H]2CNc2ccc(C(F)(F)F)cn2)n1. The molecular formula is C25H23F5N4O. The van der Waals surface area contributed by atoms with Gasteiger partial charge in [0.25, 0.3) is 11.8 Å². The van der Waals surface area contributed by atoms with Crippen molar-refractivity contribution in [2.45, 2.75) is 37.9 Å². The Morgan fingerprint density at radius 2 is 1.86 bits per heavy atom. The fraction of sp³-hybridized carbons (Fsp3) is 0.320. The highest BCUT2D eigenvalue weighted by Gasteiger charge is 2.42. The third-order valence-electron chi connectivity index (χ3n) is 5.89. The first-order valence-electron chi connectivity index (χ1n) is 11.0. The molecule has 0 aliphatic carbocycles. The summed E-state index contributed by atoms with van der Waals surface area (Å²) in [6.45, 7) is 1.46. The second kappa shape index (κ2) is 9.59. The van der Waals surface area contributed by atoms with Gasteiger partial charge in [0.1, 0.15) is 11.5 Å². The van der Waals surface area contributed by atoms with Crippen LogP contribution >= 0.6 is 0 Å². The van der Waals surface area contributed by atoms with E-state index in [0.717, 1.165) is 17.7 Å². The van der Waals surface area contributed by atoms with E-state index in [9.17, 15) is 26.7 Å². The standard InChI is InChI=1S/C25H23F5N4O/c1-16-7-9-20(17-5-3-2-4-6-17)22(33-16)23(35)34-12-11-24(26,27)13-19(34)15-32-21-10-8-18(14-31-21)25(28,29)30/h2-10,14,19H,11-13,15H2,1H3,(H,31,32)/t19-/m0/s1. The second-order valence-corrected chi connectivity index (χ2v) is 8.49. The topological polar surface area (TPSA) is 58.1 Å². The van der Waals surface area contributed by atoms with Gasteiger partial charge >= 0.3 is 6.18 Å². The van der Waals surface area contributed by atoms with Crippen molar-refractivity contribution in [2.24, 2.45) is 0 Å². The molecule has 1 fully saturated rings. The van der Waals surface area contributed by atoms with Crippen molar-refractivity contribution in [1.29, 1.82) is 0 Å². The Morgan fingerprint density at radius 3 is 2.51 bits per heavy atom. The van der Waals surface area contributed by atoms with Gasteiger partial charge in [0.05, 0.1) is 11.6 Å². The van der Waals surface area contributed by atoms with Crippen LogP contribution in [-0.2, 0) is 6.18 Å². The van der Waals surface area contributed by atoms with E-state index < -0.39 is 42.5 Å². The van der Waals surface area contributed by atoms with E-state index in [4.69, 9.17) is 0 Å². The zero-order chi connectivity index (χ0) is 25.2. The molecule has 1 aliphatic rings. The molecule has 1 N–H and O–H groups in total. The maximum absolute atomic E-state index is 14.3. The van der Waals surface area contributed by atoms with E-state index in [2.05, 4.69) is 15.3 Å². The van der Waals surface area contributed by atoms with Crippen LogP contribution in [0.5, 0.6) is 0 Å². The van der Waals surface area contributed by atoms with Crippen molar-refractivity contribution in [3.05, 3.63) is 77.7 Å². The molecule has 0 spiro atoms. The van der Waals surface area contributed by atoms with Gasteiger partial charge in [-0.1, -0.05) is 36.4 Å². The van der Waals surface area contributed by atoms with Gasteiger partial charge < -0.3 is 10.2 Å². The van der Waals surface area contributed by atoms with Crippen LogP contribution in [0.1, 0.15) is 34.6 Å². The monoisotopic (exact) mass is 490 g/mol. The molecule has 35 heavy (non-hydrogen) atoms. The molecule has 3 aromatic rings. The smallest absolute Gasteiger partial charge is 0.368 e. The zero-order valence-electron chi connectivity index (χ0n) is 18.8. The summed E-state index contributed by atoms with van der Waals surface area (Å²) in [6, 6.07) is 13.8. The lowest BCUT2D eigenvalue weighted by Gasteiger charge is -2.39. The average molecular weight is 490 g/mol. The van der Waals surface area contributed by atoms with Crippen LogP contribution in [0.15, 0.2) is 60.8 Å². The highest BCUT2D eigenvalue weighted by molar-refractivity contribution is 5.99. The number of amides is 1. The number of piperidine rings is 1. The predicted molar refractivity (Wildman–Crippen MR) is 121 cm³/mol. The maximum Gasteiger partial charge on any atom is 0.417 e. The van der Waals surface area contributed by atoms with Gasteiger partial charge in [-0.2, -0.15) is 13.2 Å². The highest BCUT2D eigenvalue weighted by Crippen LogP contribution is 2.34. The summed E-state index contributed by atoms with van der Waals surface area (Å²) in [6.07, 6.45) is -4.93. The Hall–Kier alpha value is -3.56. The van der Waals surface area contributed by atoms with Crippen molar-refractivity contribution in [3.8, 4) is 11.1 Å². The van der Waals surface area contributed by atoms with Crippen molar-refractivity contribution < 1.29 is 26.7 Å². The molecule has 1 saturated heterocycles. The number of aryl methyl sites for hydroxylation is 1. The molecule has 1 atom stereocenters. The molecule has 1 aliphatic heterocycles. The number of likely N-dealkylation sites (tertiary alicyclic amines) is 1. The number of anilines is 1. The molecule has 1 aromatic carbocycles. The van der Waals surface area contributed by atoms with Crippen LogP contribution < -0.4 is 5.32 Å². The highest BCUT2D eigenvalue weighted by atomic mass is 19.4. The number of aromatic nitrogens is 2. The normalized spacial score (nSPS) is 17.8. The number of hydrogen-bond donors (Lipinski definition) is 1. The molecule has 184 valence electrons. The Labute approximate surface area is 199 Å². The number of nitrogens with one attached hydrogen (secondary N) is 1. The molecule has 0 radical (unpaired) electrons. The summed E-state index contributed by atoms with van der Waals surface area (Å²) in [5, 5.41) is 2.80. The van der Waals surface area contributed by atoms with E-state index in [1.165, 1.54) is 4.90 Å². The molecular weight excluding hydrogens is 467 g/mol. The molecule has 10 heteroatoms. The molecule has 0 unspecified atom stereocenters. The van der Waals surface area contributed by atoms with Crippen LogP contribution in [0.25, 0.3) is 11.1 Å². The van der Waals surface area contributed by atoms with E-state index in [1.54, 1.807) is 19.1 Å². The van der Waals surface area contributed by atoms with Crippen LogP contribution in [0.4, 0.5) is 27.8 Å². The number of nitrogens with zero attached hydrogens (tertiary/aromatic N) is 3. The molecule has 3 heterocycles. The molecule has 1 amide bonds. The summed E-state index contributed by atoms with van der Waals surface area (Å²) in [4.78, 5) is 23.1. The molecule has 5 nitrogen and oxygen atoms in total. The van der Waals surface area contributed by atoms with Gasteiger partial charge in [-0.3, -0.25) is 4.79 Å². The number of halogens is 5. The Kier molecular flexibility index (Phi) is 6.73. The van der Waals surface area contributed by atoms with Crippen LogP contribution in [-0.4, -0.2) is 45.8 Å². The summed E-state index contributed by atoms with van der Waals surface area (Å²) in [7, 11) is 0. The van der Waals surface area contributed by atoms with E-state index in [0.29, 0.717) is 17.5 Å². The minimum atomic E-state index is -4.53. The van der Waals surface area contributed by atoms with Gasteiger partial charge in [-0.25, -0.2) is 18.7 Å². The van der Waals surface area contributed by atoms with Crippen molar-refractivity contribution in [3.63, 3.8) is 0 Å². The predicted octanol–water partition coefficient (Wildman–Crippen LogP) is 5.82. The number of pyridine rings is 2. The maximum atomic E-state index is 14.3. The third-order valence-corrected chi connectivity index (χ3v) is 5.89. The van der Waals surface area contributed by atoms with Gasteiger partial charge in [0.15, 0.2) is 0 Å². The number of carbonyl (C=O) groups excluding carboxylic acids is 1. The van der Waals surface area contributed by atoms with Crippen LogP contribution in [0.3, 0.4) is 0 Å². The lowest BCUT2D eigenvalue weighted by atomic mass is 9.96. The minimum absolute atomic E-state index is 0.0953. The fourth-order valence-electron chi connectivity index (χ4n) is 4.07. The summed E-state index contributed by atoms with van der Waals surface area (Å²) in [5.41, 5.74) is 1.23. The van der Waals surface area contributed by atoms with Crippen LogP contribution in [0, 0.1) is 6.92 Å². The zero-order valence-corrected chi connectivity index (χ0v) is 18.8. The quantitative estimate of drug-likeness (QED) is 0.458. The largest absolute Gasteiger partial charge is 0.417 e. The Morgan fingerprint density at radius 1 is 1.11 bits per heavy atom. The number of carbonyl (C=O) groups is 1. The second-order valence-electron chi connectivity index (χ2n) is 8.49. The first kappa shape index (κ1) is 24.6.